The molecule has 9 aromatic rings. The first kappa shape index (κ1) is 72.0. The molecule has 0 aromatic heterocycles. The fraction of sp³-hybridized carbons (Fsp3) is 0.400. The molecule has 0 amide bonds. The van der Waals surface area contributed by atoms with E-state index in [1.807, 2.05) is 35.5 Å². The Balaban J connectivity index is 1.27. The molecule has 9 aromatic carbocycles. The number of hydrogen-bond acceptors (Lipinski definition) is 6. The van der Waals surface area contributed by atoms with Crippen LogP contribution in [0.15, 0.2) is 158 Å². The second-order valence-electron chi connectivity index (χ2n) is 33.3. The van der Waals surface area contributed by atoms with Gasteiger partial charge in [-0.05, 0) is 162 Å². The van der Waals surface area contributed by atoms with E-state index < -0.39 is 7.92 Å². The van der Waals surface area contributed by atoms with Crippen molar-refractivity contribution in [2.75, 3.05) is 35.5 Å². The Bertz CT molecular complexity index is 4050. The quantitative estimate of drug-likeness (QED) is 0.120. The van der Waals surface area contributed by atoms with Crippen LogP contribution in [0.5, 0.6) is 34.5 Å². The van der Waals surface area contributed by atoms with Gasteiger partial charge in [0.1, 0.15) is 41.1 Å². The van der Waals surface area contributed by atoms with Crippen LogP contribution >= 0.6 is 7.92 Å². The van der Waals surface area contributed by atoms with Gasteiger partial charge in [0.2, 0.25) is 0 Å². The third kappa shape index (κ3) is 16.2. The first-order chi connectivity index (χ1) is 45.6. The fourth-order valence-corrected chi connectivity index (χ4v) is 16.2. The lowest BCUT2D eigenvalue weighted by molar-refractivity contribution is 0.300. The van der Waals surface area contributed by atoms with E-state index in [2.05, 4.69) is 282 Å². The summed E-state index contributed by atoms with van der Waals surface area (Å²) in [5.41, 5.74) is 20.6. The smallest absolute Gasteiger partial charge is 0.126 e. The highest BCUT2D eigenvalue weighted by Gasteiger charge is 2.31. The van der Waals surface area contributed by atoms with Crippen molar-refractivity contribution in [3.63, 3.8) is 0 Å². The van der Waals surface area contributed by atoms with Gasteiger partial charge in [-0.2, -0.15) is 0 Å². The number of methoxy groups -OCH3 is 5. The van der Waals surface area contributed by atoms with Gasteiger partial charge < -0.3 is 28.4 Å². The number of ether oxygens (including phenoxy) is 6. The van der Waals surface area contributed by atoms with E-state index in [0.717, 1.165) is 107 Å². The molecule has 0 saturated carbocycles. The van der Waals surface area contributed by atoms with Crippen LogP contribution in [-0.2, 0) is 77.6 Å². The zero-order valence-corrected chi connectivity index (χ0v) is 63.8. The summed E-state index contributed by atoms with van der Waals surface area (Å²) in [5, 5.41) is 3.93. The van der Waals surface area contributed by atoms with Crippen LogP contribution in [0.25, 0.3) is 0 Å². The summed E-state index contributed by atoms with van der Waals surface area (Å²) in [7, 11) is 8.40. The van der Waals surface area contributed by atoms with E-state index in [-0.39, 0.29) is 32.5 Å². The molecule has 0 saturated heterocycles. The third-order valence-electron chi connectivity index (χ3n) is 19.6. The van der Waals surface area contributed by atoms with Gasteiger partial charge >= 0.3 is 0 Å². The molecule has 0 atom stereocenters. The standard InChI is InChI=1S/C90H109O6P/c1-85(2,3)70-44-58-38-60-46-71(86(4,5)6)48-62(80(60)92-20)40-64-50-73(88(10,11)12)52-66(82(64)94-22)42-68-54-75(90(16,17)18)55-69(84(68)96-56-57-34-36-78(37-35-57)97(76-30-26-24-27-31-76)77-32-28-25-29-33-77)43-67-53-74(89(13,14)15)51-65(83(67)95-23)41-63-49-72(87(7,8)9)47-61(81(63)93-21)39-59(45-70)79(58)91-19/h24-37,44-55H,38-43,56H2,1-23H3. The van der Waals surface area contributed by atoms with Gasteiger partial charge in [0.25, 0.3) is 0 Å². The van der Waals surface area contributed by atoms with Crippen LogP contribution in [0, 0.1) is 0 Å². The molecule has 7 heteroatoms. The monoisotopic (exact) mass is 1320 g/mol. The minimum atomic E-state index is -0.787. The second kappa shape index (κ2) is 28.2. The Morgan fingerprint density at radius 2 is 0.433 bits per heavy atom. The minimum absolute atomic E-state index is 0.174. The van der Waals surface area contributed by atoms with Crippen LogP contribution in [0.3, 0.4) is 0 Å². The number of rotatable bonds is 11. The van der Waals surface area contributed by atoms with Crippen molar-refractivity contribution in [3.05, 3.63) is 263 Å². The molecular weight excluding hydrogens is 1210 g/mol. The molecule has 0 fully saturated rings. The molecule has 0 radical (unpaired) electrons. The van der Waals surface area contributed by atoms with Gasteiger partial charge in [0.15, 0.2) is 0 Å². The summed E-state index contributed by atoms with van der Waals surface area (Å²) in [6.45, 7) is 42.0. The Hall–Kier alpha value is -7.79. The largest absolute Gasteiger partial charge is 0.496 e. The summed E-state index contributed by atoms with van der Waals surface area (Å²) in [5.74, 6) is 5.23. The Morgan fingerprint density at radius 3 is 0.619 bits per heavy atom. The van der Waals surface area contributed by atoms with Crippen molar-refractivity contribution < 1.29 is 28.4 Å². The molecule has 510 valence electrons. The minimum Gasteiger partial charge on any atom is -0.496 e. The lowest BCUT2D eigenvalue weighted by Crippen LogP contribution is -2.20. The first-order valence-electron chi connectivity index (χ1n) is 34.9. The summed E-state index contributed by atoms with van der Waals surface area (Å²) in [4.78, 5) is 0. The predicted octanol–water partition coefficient (Wildman–Crippen LogP) is 20.7. The average molecular weight is 1320 g/mol. The molecule has 0 unspecified atom stereocenters. The molecule has 6 nitrogen and oxygen atoms in total. The van der Waals surface area contributed by atoms with E-state index in [0.29, 0.717) is 45.1 Å². The topological polar surface area (TPSA) is 55.4 Å². The highest BCUT2D eigenvalue weighted by molar-refractivity contribution is 7.79. The molecule has 10 rings (SSSR count). The molecule has 12 bridgehead atoms. The van der Waals surface area contributed by atoms with Gasteiger partial charge in [-0.1, -0.05) is 282 Å². The van der Waals surface area contributed by atoms with Crippen LogP contribution in [-0.4, -0.2) is 35.5 Å². The maximum atomic E-state index is 7.59. The molecule has 0 spiro atoms. The summed E-state index contributed by atoms with van der Waals surface area (Å²) < 4.78 is 41.4. The van der Waals surface area contributed by atoms with Crippen LogP contribution in [0.1, 0.15) is 230 Å². The van der Waals surface area contributed by atoms with Gasteiger partial charge in [-0.15, -0.1) is 0 Å². The molecule has 1 aliphatic rings. The summed E-state index contributed by atoms with van der Waals surface area (Å²) >= 11 is 0. The predicted molar refractivity (Wildman–Crippen MR) is 410 cm³/mol. The third-order valence-corrected chi connectivity index (χ3v) is 22.0. The van der Waals surface area contributed by atoms with Gasteiger partial charge in [-0.3, -0.25) is 0 Å². The molecule has 0 heterocycles. The van der Waals surface area contributed by atoms with Crippen molar-refractivity contribution in [1.82, 2.24) is 0 Å². The molecule has 97 heavy (non-hydrogen) atoms. The van der Waals surface area contributed by atoms with E-state index in [4.69, 9.17) is 28.4 Å². The van der Waals surface area contributed by atoms with E-state index in [9.17, 15) is 0 Å². The second-order valence-corrected chi connectivity index (χ2v) is 35.5. The zero-order chi connectivity index (χ0) is 70.3. The van der Waals surface area contributed by atoms with Gasteiger partial charge in [-0.25, -0.2) is 0 Å². The van der Waals surface area contributed by atoms with E-state index >= 15 is 0 Å². The maximum Gasteiger partial charge on any atom is 0.126 e. The molecule has 0 N–H and O–H groups in total. The van der Waals surface area contributed by atoms with Crippen molar-refractivity contribution in [1.29, 1.82) is 0 Å². The Morgan fingerprint density at radius 1 is 0.247 bits per heavy atom. The van der Waals surface area contributed by atoms with Crippen LogP contribution in [0.4, 0.5) is 0 Å². The fourth-order valence-electron chi connectivity index (χ4n) is 13.9. The summed E-state index contributed by atoms with van der Waals surface area (Å²) in [6.07, 6.45) is 3.43. The zero-order valence-electron chi connectivity index (χ0n) is 62.9. The van der Waals surface area contributed by atoms with Gasteiger partial charge in [0.05, 0.1) is 35.5 Å². The van der Waals surface area contributed by atoms with Crippen molar-refractivity contribution in [2.24, 2.45) is 0 Å². The SMILES string of the molecule is COc1c2cc(C(C)(C)C)cc1Cc1cc(C(C)(C)C)cc(c1OC)Cc1cc(C(C)(C)C)cc(c1OC)Cc1cc(C(C)(C)C)cc(c1OCc1ccc(P(c3ccccc3)c3ccccc3)cc1)Cc1cc(C(C)(C)C)cc(c1OC)Cc1cc(C(C)(C)C)cc(c1OC)C2. The average Bonchev–Trinajstić information content (AvgIpc) is 0.772. The first-order valence-corrected chi connectivity index (χ1v) is 36.2. The Labute approximate surface area is 584 Å². The van der Waals surface area contributed by atoms with Gasteiger partial charge in [0, 0.05) is 38.5 Å². The molecule has 1 aliphatic carbocycles. The molecule has 0 aliphatic heterocycles. The number of hydrogen-bond donors (Lipinski definition) is 0. The van der Waals surface area contributed by atoms with Crippen LogP contribution in [0.2, 0.25) is 0 Å². The molecular formula is C90H109O6P. The normalized spacial score (nSPS) is 13.4. The summed E-state index contributed by atoms with van der Waals surface area (Å²) in [6, 6.07) is 59.7. The number of fused-ring (bicyclic) bond motifs is 12. The highest BCUT2D eigenvalue weighted by atomic mass is 31.1. The Kier molecular flexibility index (Phi) is 20.9. The van der Waals surface area contributed by atoms with Crippen molar-refractivity contribution >= 4 is 23.8 Å². The van der Waals surface area contributed by atoms with Crippen LogP contribution < -0.4 is 44.3 Å². The van der Waals surface area contributed by atoms with Crippen molar-refractivity contribution in [3.8, 4) is 34.5 Å². The van der Waals surface area contributed by atoms with Crippen molar-refractivity contribution in [2.45, 2.75) is 202 Å². The van der Waals surface area contributed by atoms with E-state index in [1.165, 1.54) is 49.3 Å². The highest BCUT2D eigenvalue weighted by Crippen LogP contribution is 2.47. The lowest BCUT2D eigenvalue weighted by Gasteiger charge is -2.28. The van der Waals surface area contributed by atoms with E-state index in [1.54, 1.807) is 0 Å². The number of benzene rings is 9. The maximum absolute atomic E-state index is 7.59. The lowest BCUT2D eigenvalue weighted by atomic mass is 9.79.